The Labute approximate surface area is 60.7 Å². The van der Waals surface area contributed by atoms with Gasteiger partial charge in [0.2, 0.25) is 0 Å². The molecule has 0 saturated carbocycles. The quantitative estimate of drug-likeness (QED) is 0.378. The van der Waals surface area contributed by atoms with Crippen LogP contribution >= 0.6 is 0 Å². The van der Waals surface area contributed by atoms with Gasteiger partial charge in [-0.2, -0.15) is 0 Å². The van der Waals surface area contributed by atoms with Gasteiger partial charge < -0.3 is 10.2 Å². The molecule has 7 heteroatoms. The Morgan fingerprint density at radius 2 is 1.00 bits per heavy atom. The van der Waals surface area contributed by atoms with Crippen LogP contribution in [-0.2, 0) is 0 Å². The molecule has 0 radical (unpaired) electrons. The number of halogens is 2. The maximum atomic E-state index is 9.92. The van der Waals surface area contributed by atoms with Crippen LogP contribution in [0.3, 0.4) is 0 Å². The molecule has 0 saturated heterocycles. The number of hydrogen-bond acceptors (Lipinski definition) is 2. The van der Waals surface area contributed by atoms with E-state index in [2.05, 4.69) is 0 Å². The molecule has 0 aromatic rings. The van der Waals surface area contributed by atoms with Gasteiger partial charge in [0, 0.05) is 0 Å². The fourth-order valence-corrected chi connectivity index (χ4v) is 0. The van der Waals surface area contributed by atoms with Crippen LogP contribution in [-0.4, -0.2) is 41.5 Å². The van der Waals surface area contributed by atoms with Crippen molar-refractivity contribution in [1.29, 1.82) is 0 Å². The molecule has 0 unspecified atom stereocenters. The second-order valence-electron chi connectivity index (χ2n) is 0.506. The molecule has 0 bridgehead atoms. The van der Waals surface area contributed by atoms with E-state index in [1.165, 1.54) is 0 Å². The van der Waals surface area contributed by atoms with Gasteiger partial charge in [-0.3, -0.25) is 0 Å². The number of carbonyl (C=O) groups is 2. The molecule has 0 rings (SSSR count). The van der Waals surface area contributed by atoms with E-state index in [-0.39, 0.29) is 18.9 Å². The first-order valence-corrected chi connectivity index (χ1v) is 1.23. The molecule has 0 aliphatic rings. The molecule has 0 aromatic carbocycles. The summed E-state index contributed by atoms with van der Waals surface area (Å²) in [5.41, 5.74) is 0. The Morgan fingerprint density at radius 1 is 1.00 bits per heavy atom. The standard InChI is InChI=1S/2CHFO2.Li.H/c2*2-1(3)4;;/h2*(H,3,4);;. The first kappa shape index (κ1) is 15.8. The van der Waals surface area contributed by atoms with Crippen molar-refractivity contribution in [3.8, 4) is 0 Å². The third kappa shape index (κ3) is 593. The summed E-state index contributed by atoms with van der Waals surface area (Å²) in [4.78, 5) is 16.7. The van der Waals surface area contributed by atoms with Gasteiger partial charge in [0.25, 0.3) is 0 Å². The molecule has 0 aromatic heterocycles. The summed E-state index contributed by atoms with van der Waals surface area (Å²) < 4.78 is 19.8. The van der Waals surface area contributed by atoms with Crippen molar-refractivity contribution in [3.05, 3.63) is 0 Å². The van der Waals surface area contributed by atoms with Gasteiger partial charge in [-0.1, -0.05) is 0 Å². The summed E-state index contributed by atoms with van der Waals surface area (Å²) in [5, 5.41) is 13.5. The third-order valence-electron chi connectivity index (χ3n) is 0. The molecule has 0 heterocycles. The molecule has 0 aliphatic heterocycles. The van der Waals surface area contributed by atoms with Crippen LogP contribution in [0, 0.1) is 0 Å². The van der Waals surface area contributed by atoms with E-state index in [9.17, 15) is 8.78 Å². The van der Waals surface area contributed by atoms with E-state index in [4.69, 9.17) is 19.8 Å². The van der Waals surface area contributed by atoms with E-state index in [1.54, 1.807) is 0 Å². The zero-order chi connectivity index (χ0) is 7.15. The van der Waals surface area contributed by atoms with E-state index >= 15 is 0 Å². The summed E-state index contributed by atoms with van der Waals surface area (Å²) in [6.45, 7) is 0. The second-order valence-corrected chi connectivity index (χ2v) is 0.506. The molecule has 0 aliphatic carbocycles. The Balaban J connectivity index is -0.0000000720. The van der Waals surface area contributed by atoms with E-state index in [1.807, 2.05) is 0 Å². The van der Waals surface area contributed by atoms with Crippen molar-refractivity contribution < 1.29 is 28.6 Å². The van der Waals surface area contributed by atoms with Crippen LogP contribution < -0.4 is 0 Å². The van der Waals surface area contributed by atoms with Gasteiger partial charge in [0.1, 0.15) is 0 Å². The summed E-state index contributed by atoms with van der Waals surface area (Å²) in [6.07, 6.45) is -4.67. The van der Waals surface area contributed by atoms with E-state index in [0.29, 0.717) is 0 Å². The summed E-state index contributed by atoms with van der Waals surface area (Å²) in [5.74, 6) is 0. The Morgan fingerprint density at radius 3 is 1.00 bits per heavy atom. The van der Waals surface area contributed by atoms with Crippen molar-refractivity contribution in [2.45, 2.75) is 0 Å². The normalized spacial score (nSPS) is 5.56. The van der Waals surface area contributed by atoms with Gasteiger partial charge >= 0.3 is 31.3 Å². The molecule has 0 amide bonds. The van der Waals surface area contributed by atoms with Gasteiger partial charge in [-0.25, -0.2) is 9.59 Å². The van der Waals surface area contributed by atoms with Gasteiger partial charge in [-0.15, -0.1) is 8.78 Å². The summed E-state index contributed by atoms with van der Waals surface area (Å²) in [6, 6.07) is 0. The van der Waals surface area contributed by atoms with Crippen LogP contribution in [0.15, 0.2) is 0 Å². The fourth-order valence-electron chi connectivity index (χ4n) is 0. The fraction of sp³-hybridized carbons (Fsp3) is 0. The molecular weight excluding hydrogens is 133 g/mol. The third-order valence-corrected chi connectivity index (χ3v) is 0. The van der Waals surface area contributed by atoms with Crippen molar-refractivity contribution in [3.63, 3.8) is 0 Å². The number of rotatable bonds is 0. The minimum atomic E-state index is -2.33. The average Bonchev–Trinajstić information content (AvgIpc) is 1.25. The van der Waals surface area contributed by atoms with Crippen LogP contribution in [0.4, 0.5) is 18.4 Å². The first-order chi connectivity index (χ1) is 3.46. The van der Waals surface area contributed by atoms with Crippen LogP contribution in [0.1, 0.15) is 0 Å². The molecule has 0 spiro atoms. The van der Waals surface area contributed by atoms with Crippen LogP contribution in [0.25, 0.3) is 0 Å². The van der Waals surface area contributed by atoms with E-state index < -0.39 is 12.4 Å². The molecule has 0 fully saturated rings. The van der Waals surface area contributed by atoms with Gasteiger partial charge in [0.15, 0.2) is 0 Å². The molecule has 0 atom stereocenters. The zero-order valence-electron chi connectivity index (χ0n) is 3.47. The Kier molecular flexibility index (Phi) is 18.2. The van der Waals surface area contributed by atoms with E-state index in [0.717, 1.165) is 0 Å². The average molecular weight is 136 g/mol. The van der Waals surface area contributed by atoms with Crippen molar-refractivity contribution >= 4 is 31.3 Å². The summed E-state index contributed by atoms with van der Waals surface area (Å²) >= 11 is 0. The maximum absolute atomic E-state index is 9.92. The van der Waals surface area contributed by atoms with Gasteiger partial charge in [-0.05, 0) is 0 Å². The minimum absolute atomic E-state index is 0. The SMILES string of the molecule is O=C(O)F.O=C(O)F.[LiH]. The van der Waals surface area contributed by atoms with Crippen molar-refractivity contribution in [1.82, 2.24) is 0 Å². The molecule has 4 nitrogen and oxygen atoms in total. The first-order valence-electron chi connectivity index (χ1n) is 1.23. The second kappa shape index (κ2) is 10.4. The monoisotopic (exact) mass is 136 g/mol. The van der Waals surface area contributed by atoms with Crippen LogP contribution in [0.5, 0.6) is 0 Å². The van der Waals surface area contributed by atoms with Crippen molar-refractivity contribution in [2.24, 2.45) is 0 Å². The summed E-state index contributed by atoms with van der Waals surface area (Å²) in [7, 11) is 0. The number of carboxylic acid groups (broad SMARTS) is 2. The van der Waals surface area contributed by atoms with Crippen molar-refractivity contribution in [2.75, 3.05) is 0 Å². The molecule has 50 valence electrons. The predicted octanol–water partition coefficient (Wildman–Crippen LogP) is 0.619. The van der Waals surface area contributed by atoms with Crippen LogP contribution in [0.2, 0.25) is 0 Å². The topological polar surface area (TPSA) is 74.6 Å². The molecular formula is C2H3F2LiO4. The molecule has 2 N–H and O–H groups in total. The predicted molar refractivity (Wildman–Crippen MR) is 25.4 cm³/mol. The van der Waals surface area contributed by atoms with Gasteiger partial charge in [0.05, 0.1) is 0 Å². The molecule has 9 heavy (non-hydrogen) atoms. The Bertz CT molecular complexity index is 74.6. The number of hydrogen-bond donors (Lipinski definition) is 2. The Hall–Kier alpha value is -0.603. The zero-order valence-corrected chi connectivity index (χ0v) is 3.47.